The van der Waals surface area contributed by atoms with Gasteiger partial charge in [0.1, 0.15) is 6.10 Å². The zero-order chi connectivity index (χ0) is 37.0. The van der Waals surface area contributed by atoms with Crippen LogP contribution in [0.25, 0.3) is 55.1 Å². The Morgan fingerprint density at radius 3 is 2.05 bits per heavy atom. The van der Waals surface area contributed by atoms with Crippen LogP contribution in [0.3, 0.4) is 0 Å². The second-order valence-electron chi connectivity index (χ2n) is 15.4. The highest BCUT2D eigenvalue weighted by molar-refractivity contribution is 6.18. The number of aliphatic hydroxyl groups excluding tert-OH is 1. The fraction of sp³-hybridized carbons (Fsp3) is 0.0784. The van der Waals surface area contributed by atoms with Gasteiger partial charge in [0.2, 0.25) is 0 Å². The van der Waals surface area contributed by atoms with Gasteiger partial charge in [-0.2, -0.15) is 0 Å². The second kappa shape index (κ2) is 11.6. The van der Waals surface area contributed by atoms with E-state index < -0.39 is 6.10 Å². The van der Waals surface area contributed by atoms with Crippen LogP contribution in [0.5, 0.6) is 0 Å². The Labute approximate surface area is 318 Å². The smallest absolute Gasteiger partial charge is 0.192 e. The fourth-order valence-corrected chi connectivity index (χ4v) is 9.39. The number of nitrogens with zero attached hydrogens (tertiary/aromatic N) is 2. The number of aliphatic hydroxyl groups is 1. The van der Waals surface area contributed by atoms with Crippen molar-refractivity contribution in [1.82, 2.24) is 4.57 Å². The lowest BCUT2D eigenvalue weighted by Gasteiger charge is -2.43. The monoisotopic (exact) mass is 708 g/mol. The van der Waals surface area contributed by atoms with Crippen molar-refractivity contribution in [2.75, 3.05) is 4.90 Å². The molecule has 0 amide bonds. The lowest BCUT2D eigenvalue weighted by molar-refractivity contribution is 0.102. The standard InChI is InChI=1S/C51H36N2O2/c1-51(2)43-29-39-38-19-11-12-20-44(38)52(35-15-5-3-6-16-35)46(39)30-47(43)53(36-17-7-4-8-18-36)45-24-22-34-25-31(21-23-37(34)48(45)51)26-42-49(54)40-27-32-13-9-10-14-33(32)28-41(40)50(42)55/h3-30,49,54H,1-2H3/b42-26-. The minimum atomic E-state index is -0.967. The predicted octanol–water partition coefficient (Wildman–Crippen LogP) is 12.5. The number of carbonyl (C=O) groups excluding carboxylic acids is 1. The molecule has 0 fully saturated rings. The molecule has 2 heterocycles. The van der Waals surface area contributed by atoms with E-state index in [4.69, 9.17) is 0 Å². The summed E-state index contributed by atoms with van der Waals surface area (Å²) in [6.45, 7) is 4.69. The molecule has 0 radical (unpaired) electrons. The zero-order valence-electron chi connectivity index (χ0n) is 30.5. The van der Waals surface area contributed by atoms with Crippen LogP contribution >= 0.6 is 0 Å². The third-order valence-corrected chi connectivity index (χ3v) is 12.0. The second-order valence-corrected chi connectivity index (χ2v) is 15.4. The summed E-state index contributed by atoms with van der Waals surface area (Å²) in [5.41, 5.74) is 11.6. The summed E-state index contributed by atoms with van der Waals surface area (Å²) in [6, 6.07) is 57.5. The lowest BCUT2D eigenvalue weighted by atomic mass is 9.71. The maximum absolute atomic E-state index is 13.7. The molecule has 8 aromatic carbocycles. The number of rotatable bonds is 3. The molecular weight excluding hydrogens is 673 g/mol. The van der Waals surface area contributed by atoms with Gasteiger partial charge >= 0.3 is 0 Å². The highest BCUT2D eigenvalue weighted by Crippen LogP contribution is 2.55. The molecule has 1 atom stereocenters. The quantitative estimate of drug-likeness (QED) is 0.186. The van der Waals surface area contributed by atoms with Crippen molar-refractivity contribution >= 4 is 72.3 Å². The number of Topliss-reactive ketones (excluding diaryl/α,β-unsaturated/α-hetero) is 1. The van der Waals surface area contributed by atoms with Crippen molar-refractivity contribution in [3.8, 4) is 5.69 Å². The van der Waals surface area contributed by atoms with Crippen LogP contribution < -0.4 is 4.90 Å². The molecule has 1 N–H and O–H groups in total. The Hall–Kier alpha value is -6.75. The van der Waals surface area contributed by atoms with Crippen molar-refractivity contribution < 1.29 is 9.90 Å². The van der Waals surface area contributed by atoms with Gasteiger partial charge in [-0.1, -0.05) is 111 Å². The molecule has 0 saturated heterocycles. The third kappa shape index (κ3) is 4.59. The van der Waals surface area contributed by atoms with E-state index in [0.29, 0.717) is 16.7 Å². The van der Waals surface area contributed by atoms with Crippen LogP contribution in [-0.4, -0.2) is 15.5 Å². The number of hydrogen-bond acceptors (Lipinski definition) is 3. The number of para-hydroxylation sites is 3. The summed E-state index contributed by atoms with van der Waals surface area (Å²) in [5, 5.41) is 18.1. The zero-order valence-corrected chi connectivity index (χ0v) is 30.5. The molecule has 0 saturated carbocycles. The van der Waals surface area contributed by atoms with Crippen LogP contribution in [0.1, 0.15) is 52.6 Å². The van der Waals surface area contributed by atoms with Gasteiger partial charge in [-0.05, 0) is 117 Å². The van der Waals surface area contributed by atoms with Gasteiger partial charge in [0, 0.05) is 38.7 Å². The first kappa shape index (κ1) is 31.7. The van der Waals surface area contributed by atoms with Crippen molar-refractivity contribution in [2.24, 2.45) is 0 Å². The van der Waals surface area contributed by atoms with E-state index in [1.54, 1.807) is 0 Å². The lowest BCUT2D eigenvalue weighted by Crippen LogP contribution is -2.31. The van der Waals surface area contributed by atoms with Crippen LogP contribution in [-0.2, 0) is 5.41 Å². The molecule has 4 heteroatoms. The van der Waals surface area contributed by atoms with Gasteiger partial charge in [0.25, 0.3) is 0 Å². The van der Waals surface area contributed by atoms with E-state index >= 15 is 0 Å². The average Bonchev–Trinajstić information content (AvgIpc) is 3.66. The molecule has 2 aliphatic rings. The molecule has 1 aromatic heterocycles. The maximum Gasteiger partial charge on any atom is 0.192 e. The van der Waals surface area contributed by atoms with E-state index in [1.807, 2.05) is 42.5 Å². The molecule has 9 aromatic rings. The molecule has 0 bridgehead atoms. The molecule has 1 aliphatic carbocycles. The van der Waals surface area contributed by atoms with Gasteiger partial charge in [-0.25, -0.2) is 0 Å². The summed E-state index contributed by atoms with van der Waals surface area (Å²) in [7, 11) is 0. The van der Waals surface area contributed by atoms with Gasteiger partial charge in [-0.15, -0.1) is 0 Å². The van der Waals surface area contributed by atoms with E-state index in [0.717, 1.165) is 49.9 Å². The molecular formula is C51H36N2O2. The van der Waals surface area contributed by atoms with Crippen molar-refractivity contribution in [2.45, 2.75) is 25.4 Å². The van der Waals surface area contributed by atoms with E-state index in [-0.39, 0.29) is 11.2 Å². The predicted molar refractivity (Wildman–Crippen MR) is 226 cm³/mol. The van der Waals surface area contributed by atoms with Crippen LogP contribution in [0, 0.1) is 0 Å². The maximum atomic E-state index is 13.7. The molecule has 55 heavy (non-hydrogen) atoms. The average molecular weight is 709 g/mol. The van der Waals surface area contributed by atoms with Gasteiger partial charge in [-0.3, -0.25) is 4.79 Å². The number of ketones is 1. The topological polar surface area (TPSA) is 45.5 Å². The molecule has 11 rings (SSSR count). The van der Waals surface area contributed by atoms with Crippen LogP contribution in [0.4, 0.5) is 17.1 Å². The number of anilines is 3. The first-order valence-electron chi connectivity index (χ1n) is 18.9. The van der Waals surface area contributed by atoms with Gasteiger partial charge in [0.15, 0.2) is 5.78 Å². The number of carbonyl (C=O) groups is 1. The summed E-state index contributed by atoms with van der Waals surface area (Å²) in [4.78, 5) is 16.1. The summed E-state index contributed by atoms with van der Waals surface area (Å²) in [6.07, 6.45) is 0.901. The SMILES string of the molecule is CC1(C)c2cc3c4ccccc4n(-c4ccccc4)c3cc2N(c2ccccc2)c2ccc3cc(/C=C4\C(=O)c5cc6ccccc6cc5C4O)ccc3c21. The van der Waals surface area contributed by atoms with Crippen LogP contribution in [0.2, 0.25) is 0 Å². The van der Waals surface area contributed by atoms with E-state index in [9.17, 15) is 9.90 Å². The van der Waals surface area contributed by atoms with Crippen molar-refractivity contribution in [3.63, 3.8) is 0 Å². The molecule has 262 valence electrons. The number of benzene rings is 8. The Balaban J connectivity index is 1.10. The number of fused-ring (bicyclic) bond motifs is 9. The third-order valence-electron chi connectivity index (χ3n) is 12.0. The summed E-state index contributed by atoms with van der Waals surface area (Å²) >= 11 is 0. The highest BCUT2D eigenvalue weighted by Gasteiger charge is 2.39. The Morgan fingerprint density at radius 1 is 0.582 bits per heavy atom. The van der Waals surface area contributed by atoms with E-state index in [2.05, 4.69) is 151 Å². The minimum Gasteiger partial charge on any atom is -0.383 e. The largest absolute Gasteiger partial charge is 0.383 e. The Morgan fingerprint density at radius 2 is 1.27 bits per heavy atom. The minimum absolute atomic E-state index is 0.116. The van der Waals surface area contributed by atoms with Crippen LogP contribution in [0.15, 0.2) is 169 Å². The Bertz CT molecular complexity index is 3100. The number of hydrogen-bond donors (Lipinski definition) is 1. The summed E-state index contributed by atoms with van der Waals surface area (Å²) < 4.78 is 2.39. The molecule has 1 aliphatic heterocycles. The first-order valence-corrected chi connectivity index (χ1v) is 18.9. The van der Waals surface area contributed by atoms with Crippen molar-refractivity contribution in [3.05, 3.63) is 197 Å². The normalized spacial score (nSPS) is 16.6. The molecule has 0 spiro atoms. The fourth-order valence-electron chi connectivity index (χ4n) is 9.39. The molecule has 4 nitrogen and oxygen atoms in total. The van der Waals surface area contributed by atoms with Gasteiger partial charge in [0.05, 0.1) is 22.4 Å². The van der Waals surface area contributed by atoms with E-state index in [1.165, 1.54) is 32.9 Å². The summed E-state index contributed by atoms with van der Waals surface area (Å²) in [5.74, 6) is -0.116. The first-order chi connectivity index (χ1) is 26.9. The van der Waals surface area contributed by atoms with Gasteiger partial charge < -0.3 is 14.6 Å². The highest BCUT2D eigenvalue weighted by atomic mass is 16.3. The number of aromatic nitrogens is 1. The van der Waals surface area contributed by atoms with Crippen molar-refractivity contribution in [1.29, 1.82) is 0 Å². The molecule has 1 unspecified atom stereocenters. The Kier molecular flexibility index (Phi) is 6.71.